The molecule has 0 spiro atoms. The van der Waals surface area contributed by atoms with E-state index in [4.69, 9.17) is 4.74 Å². The fourth-order valence-electron chi connectivity index (χ4n) is 5.07. The van der Waals surface area contributed by atoms with Gasteiger partial charge in [0.1, 0.15) is 6.54 Å². The molecule has 1 atom stereocenters. The van der Waals surface area contributed by atoms with Crippen molar-refractivity contribution < 1.29 is 14.0 Å². The third-order valence-corrected chi connectivity index (χ3v) is 7.72. The summed E-state index contributed by atoms with van der Waals surface area (Å²) in [7, 11) is 0. The molecule has 1 aromatic heterocycles. The third kappa shape index (κ3) is 4.50. The van der Waals surface area contributed by atoms with Gasteiger partial charge in [-0.3, -0.25) is 5.32 Å². The molecule has 1 amide bonds. The second kappa shape index (κ2) is 8.81. The van der Waals surface area contributed by atoms with E-state index in [-0.39, 0.29) is 12.2 Å². The molecule has 6 heteroatoms. The molecule has 0 unspecified atom stereocenters. The van der Waals surface area contributed by atoms with E-state index < -0.39 is 0 Å². The summed E-state index contributed by atoms with van der Waals surface area (Å²) in [5.41, 5.74) is 4.19. The summed E-state index contributed by atoms with van der Waals surface area (Å²) in [5, 5.41) is 2.90. The van der Waals surface area contributed by atoms with Crippen molar-refractivity contribution in [3.05, 3.63) is 71.7 Å². The molecule has 1 N–H and O–H groups in total. The van der Waals surface area contributed by atoms with Gasteiger partial charge in [-0.15, -0.1) is 11.3 Å². The van der Waals surface area contributed by atoms with Gasteiger partial charge in [0.15, 0.2) is 11.9 Å². The Morgan fingerprint density at radius 2 is 1.77 bits per heavy atom. The van der Waals surface area contributed by atoms with Crippen LogP contribution in [0.2, 0.25) is 0 Å². The number of nitrogens with one attached hydrogen (secondary N) is 1. The number of carbonyl (C=O) groups is 1. The molecule has 2 bridgehead atoms. The van der Waals surface area contributed by atoms with Gasteiger partial charge in [0.2, 0.25) is 0 Å². The van der Waals surface area contributed by atoms with Crippen LogP contribution in [0.4, 0.5) is 10.6 Å². The van der Waals surface area contributed by atoms with Gasteiger partial charge in [0, 0.05) is 25.2 Å². The molecule has 0 radical (unpaired) electrons. The number of rotatable bonds is 6. The Labute approximate surface area is 187 Å². The van der Waals surface area contributed by atoms with Crippen molar-refractivity contribution in [2.24, 2.45) is 5.92 Å². The number of fused-ring (bicyclic) bond motifs is 3. The number of carbonyl (C=O) groups excluding carboxylic acids is 1. The molecular weight excluding hydrogens is 406 g/mol. The van der Waals surface area contributed by atoms with Gasteiger partial charge in [-0.05, 0) is 11.1 Å². The topological polar surface area (TPSA) is 51.2 Å². The Hall–Kier alpha value is -2.70. The quantitative estimate of drug-likeness (QED) is 0.542. The van der Waals surface area contributed by atoms with E-state index in [0.717, 1.165) is 47.3 Å². The maximum absolute atomic E-state index is 12.7. The van der Waals surface area contributed by atoms with Crippen molar-refractivity contribution in [3.63, 3.8) is 0 Å². The van der Waals surface area contributed by atoms with E-state index in [1.807, 2.05) is 30.3 Å². The first-order valence-electron chi connectivity index (χ1n) is 11.1. The van der Waals surface area contributed by atoms with Crippen molar-refractivity contribution in [2.45, 2.75) is 25.4 Å². The lowest BCUT2D eigenvalue weighted by molar-refractivity contribution is -0.945. The smallest absolute Gasteiger partial charge is 0.413 e. The number of hydrogen-bond donors (Lipinski definition) is 1. The van der Waals surface area contributed by atoms with E-state index in [1.54, 1.807) is 5.51 Å². The molecule has 3 aliphatic heterocycles. The molecule has 6 rings (SSSR count). The van der Waals surface area contributed by atoms with E-state index in [0.29, 0.717) is 11.7 Å². The highest BCUT2D eigenvalue weighted by Crippen LogP contribution is 2.36. The van der Waals surface area contributed by atoms with Crippen molar-refractivity contribution in [1.29, 1.82) is 0 Å². The summed E-state index contributed by atoms with van der Waals surface area (Å²) < 4.78 is 7.03. The molecule has 0 saturated carbocycles. The maximum atomic E-state index is 12.7. The number of nitrogens with zero attached hydrogens (tertiary/aromatic N) is 2. The molecule has 31 heavy (non-hydrogen) atoms. The van der Waals surface area contributed by atoms with Crippen LogP contribution in [0.1, 0.15) is 18.4 Å². The van der Waals surface area contributed by atoms with Crippen LogP contribution in [-0.2, 0) is 11.2 Å². The molecule has 160 valence electrons. The van der Waals surface area contributed by atoms with Crippen molar-refractivity contribution in [1.82, 2.24) is 4.98 Å². The molecule has 3 saturated heterocycles. The Morgan fingerprint density at radius 3 is 2.52 bits per heavy atom. The monoisotopic (exact) mass is 434 g/mol. The summed E-state index contributed by atoms with van der Waals surface area (Å²) in [6.07, 6.45) is 2.95. The van der Waals surface area contributed by atoms with Crippen molar-refractivity contribution in [2.75, 3.05) is 31.5 Å². The van der Waals surface area contributed by atoms with Gasteiger partial charge < -0.3 is 9.22 Å². The second-order valence-corrected chi connectivity index (χ2v) is 9.59. The largest absolute Gasteiger partial charge is 0.440 e. The number of quaternary nitrogens is 1. The first-order valence-corrected chi connectivity index (χ1v) is 11.9. The number of benzene rings is 2. The Bertz CT molecular complexity index is 1010. The molecule has 2 aromatic carbocycles. The van der Waals surface area contributed by atoms with E-state index in [2.05, 4.69) is 40.6 Å². The molecule has 0 aliphatic carbocycles. The Balaban J connectivity index is 1.22. The highest BCUT2D eigenvalue weighted by Gasteiger charge is 2.47. The van der Waals surface area contributed by atoms with E-state index in [1.165, 1.54) is 30.0 Å². The minimum absolute atomic E-state index is 0.0166. The number of amides is 1. The van der Waals surface area contributed by atoms with Crippen molar-refractivity contribution in [3.8, 4) is 10.4 Å². The normalized spacial score (nSPS) is 24.6. The fraction of sp³-hybridized carbons (Fsp3) is 0.360. The lowest BCUT2D eigenvalue weighted by atomic mass is 9.83. The lowest BCUT2D eigenvalue weighted by Gasteiger charge is -2.52. The Morgan fingerprint density at radius 1 is 1.06 bits per heavy atom. The Kier molecular flexibility index (Phi) is 5.74. The molecule has 3 aromatic rings. The minimum Gasteiger partial charge on any atom is -0.440 e. The summed E-state index contributed by atoms with van der Waals surface area (Å²) >= 11 is 1.52. The van der Waals surface area contributed by atoms with Crippen LogP contribution in [-0.4, -0.2) is 47.8 Å². The lowest BCUT2D eigenvalue weighted by Crippen LogP contribution is -2.65. The van der Waals surface area contributed by atoms with Crippen LogP contribution in [0.25, 0.3) is 10.4 Å². The van der Waals surface area contributed by atoms with Crippen LogP contribution in [0.5, 0.6) is 0 Å². The van der Waals surface area contributed by atoms with Crippen LogP contribution in [0.3, 0.4) is 0 Å². The minimum atomic E-state index is -0.386. The van der Waals surface area contributed by atoms with E-state index in [9.17, 15) is 4.79 Å². The zero-order chi connectivity index (χ0) is 21.1. The first-order chi connectivity index (χ1) is 15.2. The van der Waals surface area contributed by atoms with Gasteiger partial charge in [0.25, 0.3) is 0 Å². The highest BCUT2D eigenvalue weighted by molar-refractivity contribution is 7.13. The summed E-state index contributed by atoms with van der Waals surface area (Å²) in [4.78, 5) is 18.1. The second-order valence-electron chi connectivity index (χ2n) is 8.73. The zero-order valence-corrected chi connectivity index (χ0v) is 18.4. The molecule has 3 fully saturated rings. The van der Waals surface area contributed by atoms with Crippen molar-refractivity contribution >= 4 is 23.2 Å². The molecule has 4 heterocycles. The summed E-state index contributed by atoms with van der Waals surface area (Å²) in [6, 6.07) is 20.7. The van der Waals surface area contributed by atoms with Gasteiger partial charge in [-0.1, -0.05) is 60.7 Å². The average molecular weight is 435 g/mol. The average Bonchev–Trinajstić information content (AvgIpc) is 3.28. The number of hydrogen-bond acceptors (Lipinski definition) is 4. The zero-order valence-electron chi connectivity index (χ0n) is 17.6. The highest BCUT2D eigenvalue weighted by atomic mass is 32.1. The molecule has 5 nitrogen and oxygen atoms in total. The fourth-order valence-corrected chi connectivity index (χ4v) is 5.82. The van der Waals surface area contributed by atoms with Gasteiger partial charge in [0.05, 0.1) is 30.0 Å². The number of anilines is 1. The predicted molar refractivity (Wildman–Crippen MR) is 124 cm³/mol. The van der Waals surface area contributed by atoms with Gasteiger partial charge in [-0.2, -0.15) is 0 Å². The first kappa shape index (κ1) is 20.2. The molecular formula is C25H28N3O2S+. The van der Waals surface area contributed by atoms with Crippen LogP contribution < -0.4 is 5.32 Å². The predicted octanol–water partition coefficient (Wildman–Crippen LogP) is 5.21. The van der Waals surface area contributed by atoms with Crippen LogP contribution in [0.15, 0.2) is 66.2 Å². The maximum Gasteiger partial charge on any atom is 0.413 e. The number of piperidine rings is 3. The van der Waals surface area contributed by atoms with E-state index >= 15 is 0 Å². The van der Waals surface area contributed by atoms with Crippen LogP contribution >= 0.6 is 11.3 Å². The summed E-state index contributed by atoms with van der Waals surface area (Å²) in [5.74, 6) is 1.06. The molecule has 3 aliphatic rings. The number of thiazole rings is 1. The number of ether oxygens (including phenoxy) is 1. The summed E-state index contributed by atoms with van der Waals surface area (Å²) in [6.45, 7) is 4.43. The number of aromatic nitrogens is 1. The standard InChI is InChI=1S/C25H27N3O2S/c29-25(27-24-23(31-18-26-24)21-9-5-2-6-10-21)30-22-17-28(15-12-20(22)13-16-28)14-11-19-7-3-1-4-8-19/h1-10,18,20,22H,11-17H2/p+1/t20?,22-,28?/m0/s1. The van der Waals surface area contributed by atoms with Gasteiger partial charge in [-0.25, -0.2) is 9.78 Å². The van der Waals surface area contributed by atoms with Gasteiger partial charge >= 0.3 is 6.09 Å². The van der Waals surface area contributed by atoms with Crippen LogP contribution in [0, 0.1) is 5.92 Å². The SMILES string of the molecule is O=C(Nc1ncsc1-c1ccccc1)O[C@H]1C[N+]2(CCc3ccccc3)CCC1CC2. The third-order valence-electron chi connectivity index (χ3n) is 6.84.